The van der Waals surface area contributed by atoms with Crippen LogP contribution >= 0.6 is 23.2 Å². The number of carbonyl (C=O) groups excluding carboxylic acids is 1. The molecule has 2 nitrogen and oxygen atoms in total. The van der Waals surface area contributed by atoms with E-state index in [1.54, 1.807) is 18.2 Å². The van der Waals surface area contributed by atoms with Crippen molar-refractivity contribution in [2.24, 2.45) is 5.92 Å². The predicted octanol–water partition coefficient (Wildman–Crippen LogP) is 4.87. The maximum Gasteiger partial charge on any atom is 0.253 e. The number of nitrogens with one attached hydrogen (secondary N) is 1. The Morgan fingerprint density at radius 3 is 2.48 bits per heavy atom. The fourth-order valence-corrected chi connectivity index (χ4v) is 2.83. The van der Waals surface area contributed by atoms with Crippen LogP contribution < -0.4 is 5.32 Å². The summed E-state index contributed by atoms with van der Waals surface area (Å²) in [6, 6.07) is 15.0. The lowest BCUT2D eigenvalue weighted by atomic mass is 10.0. The molecular formula is C17H15Cl2NO. The van der Waals surface area contributed by atoms with E-state index in [9.17, 15) is 4.79 Å². The van der Waals surface area contributed by atoms with Crippen molar-refractivity contribution in [1.82, 2.24) is 5.32 Å². The zero-order chi connectivity index (χ0) is 14.8. The first-order valence-corrected chi connectivity index (χ1v) is 7.71. The maximum absolute atomic E-state index is 12.5. The van der Waals surface area contributed by atoms with Crippen molar-refractivity contribution in [3.05, 3.63) is 69.7 Å². The van der Waals surface area contributed by atoms with Crippen LogP contribution in [0.25, 0.3) is 0 Å². The van der Waals surface area contributed by atoms with Gasteiger partial charge >= 0.3 is 0 Å². The summed E-state index contributed by atoms with van der Waals surface area (Å²) in [5.74, 6) is 0.331. The van der Waals surface area contributed by atoms with Gasteiger partial charge in [-0.25, -0.2) is 0 Å². The Hall–Kier alpha value is -1.51. The van der Waals surface area contributed by atoms with E-state index in [-0.39, 0.29) is 11.9 Å². The van der Waals surface area contributed by atoms with Gasteiger partial charge in [-0.05, 0) is 42.5 Å². The fraction of sp³-hybridized carbons (Fsp3) is 0.235. The molecule has 0 bridgehead atoms. The van der Waals surface area contributed by atoms with Crippen LogP contribution in [0.15, 0.2) is 48.5 Å². The van der Waals surface area contributed by atoms with Crippen molar-refractivity contribution in [2.75, 3.05) is 0 Å². The van der Waals surface area contributed by atoms with Crippen molar-refractivity contribution in [2.45, 2.75) is 18.9 Å². The second kappa shape index (κ2) is 6.08. The van der Waals surface area contributed by atoms with Gasteiger partial charge in [-0.3, -0.25) is 4.79 Å². The number of rotatable bonds is 4. The molecule has 1 atom stereocenters. The largest absolute Gasteiger partial charge is 0.345 e. The number of carbonyl (C=O) groups is 1. The standard InChI is InChI=1S/C17H15Cl2NO/c18-13-8-9-15(19)14(10-13)17(21)20-16(12-6-7-12)11-4-2-1-3-5-11/h1-5,8-10,12,16H,6-7H2,(H,20,21)/t16-/m1/s1. The minimum absolute atomic E-state index is 0.0359. The smallest absolute Gasteiger partial charge is 0.253 e. The van der Waals surface area contributed by atoms with Crippen LogP contribution in [-0.4, -0.2) is 5.91 Å². The molecule has 0 aromatic heterocycles. The number of benzene rings is 2. The van der Waals surface area contributed by atoms with E-state index in [1.165, 1.54) is 0 Å². The van der Waals surface area contributed by atoms with Crippen LogP contribution in [0.4, 0.5) is 0 Å². The molecule has 4 heteroatoms. The van der Waals surface area contributed by atoms with E-state index in [4.69, 9.17) is 23.2 Å². The first kappa shape index (κ1) is 14.4. The number of halogens is 2. The van der Waals surface area contributed by atoms with Crippen LogP contribution in [0.1, 0.15) is 34.8 Å². The Labute approximate surface area is 134 Å². The van der Waals surface area contributed by atoms with Crippen molar-refractivity contribution < 1.29 is 4.79 Å². The van der Waals surface area contributed by atoms with Crippen molar-refractivity contribution in [1.29, 1.82) is 0 Å². The van der Waals surface area contributed by atoms with Crippen LogP contribution in [-0.2, 0) is 0 Å². The average Bonchev–Trinajstić information content (AvgIpc) is 3.32. The molecule has 2 aromatic carbocycles. The Bertz CT molecular complexity index is 653. The van der Waals surface area contributed by atoms with Gasteiger partial charge in [0.25, 0.3) is 5.91 Å². The summed E-state index contributed by atoms with van der Waals surface area (Å²) in [6.07, 6.45) is 2.28. The molecule has 0 spiro atoms. The second-order valence-electron chi connectivity index (χ2n) is 5.32. The summed E-state index contributed by atoms with van der Waals surface area (Å²) in [6.45, 7) is 0. The van der Waals surface area contributed by atoms with E-state index >= 15 is 0 Å². The quantitative estimate of drug-likeness (QED) is 0.855. The fourth-order valence-electron chi connectivity index (χ4n) is 2.45. The highest BCUT2D eigenvalue weighted by Gasteiger charge is 2.33. The van der Waals surface area contributed by atoms with Gasteiger partial charge < -0.3 is 5.32 Å². The average molecular weight is 320 g/mol. The summed E-state index contributed by atoms with van der Waals surface area (Å²) in [5, 5.41) is 4.02. The van der Waals surface area contributed by atoms with Gasteiger partial charge in [0.2, 0.25) is 0 Å². The van der Waals surface area contributed by atoms with Gasteiger partial charge in [0, 0.05) is 5.02 Å². The Kier molecular flexibility index (Phi) is 4.18. The number of amides is 1. The third kappa shape index (κ3) is 3.39. The van der Waals surface area contributed by atoms with E-state index in [0.717, 1.165) is 18.4 Å². The molecule has 0 unspecified atom stereocenters. The first-order valence-electron chi connectivity index (χ1n) is 6.96. The van der Waals surface area contributed by atoms with Gasteiger partial charge in [0.05, 0.1) is 16.6 Å². The minimum Gasteiger partial charge on any atom is -0.345 e. The molecule has 1 N–H and O–H groups in total. The van der Waals surface area contributed by atoms with Gasteiger partial charge in [-0.2, -0.15) is 0 Å². The molecule has 1 amide bonds. The SMILES string of the molecule is O=C(N[C@H](c1ccccc1)C1CC1)c1cc(Cl)ccc1Cl. The third-order valence-electron chi connectivity index (χ3n) is 3.71. The Morgan fingerprint density at radius 1 is 1.10 bits per heavy atom. The van der Waals surface area contributed by atoms with Gasteiger partial charge in [-0.1, -0.05) is 53.5 Å². The molecule has 0 heterocycles. The molecule has 1 fully saturated rings. The summed E-state index contributed by atoms with van der Waals surface area (Å²) in [5.41, 5.74) is 1.55. The molecule has 1 saturated carbocycles. The molecule has 108 valence electrons. The second-order valence-corrected chi connectivity index (χ2v) is 6.17. The summed E-state index contributed by atoms with van der Waals surface area (Å²) in [4.78, 5) is 12.5. The van der Waals surface area contributed by atoms with E-state index in [1.807, 2.05) is 30.3 Å². The predicted molar refractivity (Wildman–Crippen MR) is 85.8 cm³/mol. The molecule has 3 rings (SSSR count). The third-order valence-corrected chi connectivity index (χ3v) is 4.28. The minimum atomic E-state index is -0.178. The zero-order valence-electron chi connectivity index (χ0n) is 11.4. The maximum atomic E-state index is 12.5. The highest BCUT2D eigenvalue weighted by molar-refractivity contribution is 6.35. The summed E-state index contributed by atoms with van der Waals surface area (Å²) < 4.78 is 0. The zero-order valence-corrected chi connectivity index (χ0v) is 12.9. The van der Waals surface area contributed by atoms with Gasteiger partial charge in [0.1, 0.15) is 0 Å². The van der Waals surface area contributed by atoms with E-state index in [0.29, 0.717) is 21.5 Å². The highest BCUT2D eigenvalue weighted by atomic mass is 35.5. The highest BCUT2D eigenvalue weighted by Crippen LogP contribution is 2.41. The van der Waals surface area contributed by atoms with Gasteiger partial charge in [0.15, 0.2) is 0 Å². The number of hydrogen-bond donors (Lipinski definition) is 1. The van der Waals surface area contributed by atoms with Crippen molar-refractivity contribution in [3.8, 4) is 0 Å². The van der Waals surface area contributed by atoms with Crippen LogP contribution in [0.2, 0.25) is 10.0 Å². The van der Waals surface area contributed by atoms with Crippen LogP contribution in [0.5, 0.6) is 0 Å². The molecule has 21 heavy (non-hydrogen) atoms. The van der Waals surface area contributed by atoms with Gasteiger partial charge in [-0.15, -0.1) is 0 Å². The van der Waals surface area contributed by atoms with Crippen LogP contribution in [0.3, 0.4) is 0 Å². The van der Waals surface area contributed by atoms with Crippen molar-refractivity contribution >= 4 is 29.1 Å². The Morgan fingerprint density at radius 2 is 1.81 bits per heavy atom. The molecule has 0 aliphatic heterocycles. The number of hydrogen-bond acceptors (Lipinski definition) is 1. The topological polar surface area (TPSA) is 29.1 Å². The summed E-state index contributed by atoms with van der Waals surface area (Å²) in [7, 11) is 0. The summed E-state index contributed by atoms with van der Waals surface area (Å²) >= 11 is 12.0. The van der Waals surface area contributed by atoms with Crippen molar-refractivity contribution in [3.63, 3.8) is 0 Å². The van der Waals surface area contributed by atoms with E-state index in [2.05, 4.69) is 5.32 Å². The lowest BCUT2D eigenvalue weighted by molar-refractivity contribution is 0.0932. The molecule has 0 saturated heterocycles. The normalized spacial score (nSPS) is 15.5. The lowest BCUT2D eigenvalue weighted by Gasteiger charge is -2.19. The molecule has 2 aromatic rings. The first-order chi connectivity index (χ1) is 10.1. The van der Waals surface area contributed by atoms with E-state index < -0.39 is 0 Å². The monoisotopic (exact) mass is 319 g/mol. The molecule has 1 aliphatic rings. The van der Waals surface area contributed by atoms with Crippen LogP contribution in [0, 0.1) is 5.92 Å². The lowest BCUT2D eigenvalue weighted by Crippen LogP contribution is -2.30. The molecule has 0 radical (unpaired) electrons. The molecule has 1 aliphatic carbocycles. The molecular weight excluding hydrogens is 305 g/mol. The Balaban J connectivity index is 1.83.